The van der Waals surface area contributed by atoms with Crippen LogP contribution in [0.5, 0.6) is 0 Å². The molecule has 1 saturated carbocycles. The van der Waals surface area contributed by atoms with Crippen molar-refractivity contribution in [2.45, 2.75) is 45.1 Å². The van der Waals surface area contributed by atoms with E-state index in [2.05, 4.69) is 13.8 Å². The zero-order chi connectivity index (χ0) is 9.53. The van der Waals surface area contributed by atoms with E-state index in [4.69, 9.17) is 10.5 Å². The van der Waals surface area contributed by atoms with Crippen LogP contribution in [0, 0.1) is 11.3 Å². The van der Waals surface area contributed by atoms with Crippen molar-refractivity contribution < 1.29 is 4.74 Å². The van der Waals surface area contributed by atoms with Crippen LogP contribution in [0.3, 0.4) is 0 Å². The van der Waals surface area contributed by atoms with Gasteiger partial charge in [-0.1, -0.05) is 0 Å². The van der Waals surface area contributed by atoms with Crippen LogP contribution in [0.1, 0.15) is 39.5 Å². The Morgan fingerprint density at radius 1 is 1.38 bits per heavy atom. The SMILES string of the molecule is CC(C)(N)C1(C2CCCOC2)CC1. The van der Waals surface area contributed by atoms with Gasteiger partial charge in [-0.15, -0.1) is 0 Å². The van der Waals surface area contributed by atoms with Gasteiger partial charge in [0.05, 0.1) is 0 Å². The third kappa shape index (κ3) is 1.50. The first-order chi connectivity index (χ1) is 6.06. The summed E-state index contributed by atoms with van der Waals surface area (Å²) < 4.78 is 5.55. The van der Waals surface area contributed by atoms with Gasteiger partial charge < -0.3 is 10.5 Å². The fourth-order valence-electron chi connectivity index (χ4n) is 2.89. The average molecular weight is 183 g/mol. The van der Waals surface area contributed by atoms with Crippen molar-refractivity contribution in [2.75, 3.05) is 13.2 Å². The number of nitrogens with two attached hydrogens (primary N) is 1. The van der Waals surface area contributed by atoms with Crippen molar-refractivity contribution in [3.8, 4) is 0 Å². The van der Waals surface area contributed by atoms with Crippen LogP contribution in [-0.2, 0) is 4.74 Å². The second-order valence-corrected chi connectivity index (χ2v) is 5.29. The summed E-state index contributed by atoms with van der Waals surface area (Å²) in [6.45, 7) is 6.25. The maximum Gasteiger partial charge on any atom is 0.0500 e. The summed E-state index contributed by atoms with van der Waals surface area (Å²) in [6, 6.07) is 0. The fraction of sp³-hybridized carbons (Fsp3) is 1.00. The maximum atomic E-state index is 6.25. The Labute approximate surface area is 80.8 Å². The minimum Gasteiger partial charge on any atom is -0.381 e. The molecule has 1 aliphatic carbocycles. The van der Waals surface area contributed by atoms with E-state index in [9.17, 15) is 0 Å². The van der Waals surface area contributed by atoms with Gasteiger partial charge in [-0.2, -0.15) is 0 Å². The third-order valence-electron chi connectivity index (χ3n) is 4.01. The lowest BCUT2D eigenvalue weighted by atomic mass is 9.73. The molecule has 0 amide bonds. The Morgan fingerprint density at radius 3 is 2.46 bits per heavy atom. The predicted octanol–water partition coefficient (Wildman–Crippen LogP) is 1.93. The van der Waals surface area contributed by atoms with Gasteiger partial charge in [0.25, 0.3) is 0 Å². The zero-order valence-corrected chi connectivity index (χ0v) is 8.81. The van der Waals surface area contributed by atoms with Gasteiger partial charge in [0.15, 0.2) is 0 Å². The van der Waals surface area contributed by atoms with Gasteiger partial charge in [0, 0.05) is 18.8 Å². The standard InChI is InChI=1S/C11H21NO/c1-10(2,12)11(5-6-11)9-4-3-7-13-8-9/h9H,3-8,12H2,1-2H3. The second kappa shape index (κ2) is 2.96. The molecule has 0 radical (unpaired) electrons. The molecule has 2 heteroatoms. The van der Waals surface area contributed by atoms with Gasteiger partial charge in [-0.25, -0.2) is 0 Å². The summed E-state index contributed by atoms with van der Waals surface area (Å²) in [5.74, 6) is 0.723. The molecule has 2 fully saturated rings. The predicted molar refractivity (Wildman–Crippen MR) is 53.5 cm³/mol. The summed E-state index contributed by atoms with van der Waals surface area (Å²) in [6.07, 6.45) is 5.16. The first-order valence-corrected chi connectivity index (χ1v) is 5.43. The van der Waals surface area contributed by atoms with Crippen molar-refractivity contribution in [1.82, 2.24) is 0 Å². The molecule has 1 aliphatic heterocycles. The molecule has 0 spiro atoms. The minimum absolute atomic E-state index is 0.0155. The number of hydrogen-bond donors (Lipinski definition) is 1. The van der Waals surface area contributed by atoms with Gasteiger partial charge in [-0.3, -0.25) is 0 Å². The summed E-state index contributed by atoms with van der Waals surface area (Å²) in [7, 11) is 0. The topological polar surface area (TPSA) is 35.2 Å². The van der Waals surface area contributed by atoms with E-state index >= 15 is 0 Å². The number of rotatable bonds is 2. The van der Waals surface area contributed by atoms with Crippen LogP contribution < -0.4 is 5.73 Å². The summed E-state index contributed by atoms with van der Waals surface area (Å²) in [5.41, 5.74) is 6.65. The van der Waals surface area contributed by atoms with Gasteiger partial charge in [0.1, 0.15) is 0 Å². The van der Waals surface area contributed by atoms with E-state index in [1.54, 1.807) is 0 Å². The lowest BCUT2D eigenvalue weighted by Crippen LogP contribution is -2.48. The van der Waals surface area contributed by atoms with Gasteiger partial charge in [-0.05, 0) is 50.9 Å². The average Bonchev–Trinajstić information content (AvgIpc) is 2.84. The van der Waals surface area contributed by atoms with Crippen molar-refractivity contribution in [3.05, 3.63) is 0 Å². The summed E-state index contributed by atoms with van der Waals surface area (Å²) in [4.78, 5) is 0. The summed E-state index contributed by atoms with van der Waals surface area (Å²) in [5, 5.41) is 0. The van der Waals surface area contributed by atoms with Crippen molar-refractivity contribution >= 4 is 0 Å². The molecule has 0 aromatic rings. The van der Waals surface area contributed by atoms with E-state index in [1.807, 2.05) is 0 Å². The second-order valence-electron chi connectivity index (χ2n) is 5.29. The Bertz CT molecular complexity index is 185. The van der Waals surface area contributed by atoms with Crippen LogP contribution in [0.2, 0.25) is 0 Å². The Balaban J connectivity index is 2.06. The highest BCUT2D eigenvalue weighted by Gasteiger charge is 2.57. The molecule has 2 aliphatic rings. The molecule has 1 saturated heterocycles. The molecule has 1 unspecified atom stereocenters. The smallest absolute Gasteiger partial charge is 0.0500 e. The van der Waals surface area contributed by atoms with E-state index < -0.39 is 0 Å². The minimum atomic E-state index is -0.0155. The highest BCUT2D eigenvalue weighted by molar-refractivity contribution is 5.10. The Kier molecular flexibility index (Phi) is 2.16. The van der Waals surface area contributed by atoms with Crippen molar-refractivity contribution in [2.24, 2.45) is 17.1 Å². The first-order valence-electron chi connectivity index (χ1n) is 5.43. The molecule has 13 heavy (non-hydrogen) atoms. The van der Waals surface area contributed by atoms with Crippen LogP contribution in [-0.4, -0.2) is 18.8 Å². The Morgan fingerprint density at radius 2 is 2.08 bits per heavy atom. The summed E-state index contributed by atoms with van der Waals surface area (Å²) >= 11 is 0. The van der Waals surface area contributed by atoms with Crippen LogP contribution in [0.25, 0.3) is 0 Å². The molecule has 0 aromatic carbocycles. The maximum absolute atomic E-state index is 6.25. The Hall–Kier alpha value is -0.0800. The third-order valence-corrected chi connectivity index (χ3v) is 4.01. The van der Waals surface area contributed by atoms with E-state index in [1.165, 1.54) is 25.7 Å². The fourth-order valence-corrected chi connectivity index (χ4v) is 2.89. The van der Waals surface area contributed by atoms with Gasteiger partial charge in [0.2, 0.25) is 0 Å². The molecule has 2 rings (SSSR count). The molecular formula is C11H21NO. The zero-order valence-electron chi connectivity index (χ0n) is 8.81. The van der Waals surface area contributed by atoms with Crippen molar-refractivity contribution in [1.29, 1.82) is 0 Å². The van der Waals surface area contributed by atoms with E-state index in [0.717, 1.165) is 19.1 Å². The lowest BCUT2D eigenvalue weighted by molar-refractivity contribution is 0.00571. The molecule has 1 atom stereocenters. The normalized spacial score (nSPS) is 33.0. The molecule has 2 nitrogen and oxygen atoms in total. The molecular weight excluding hydrogens is 162 g/mol. The molecule has 0 aromatic heterocycles. The highest BCUT2D eigenvalue weighted by Crippen LogP contribution is 2.60. The monoisotopic (exact) mass is 183 g/mol. The number of ether oxygens (including phenoxy) is 1. The van der Waals surface area contributed by atoms with E-state index in [0.29, 0.717) is 5.41 Å². The van der Waals surface area contributed by atoms with Crippen LogP contribution in [0.15, 0.2) is 0 Å². The highest BCUT2D eigenvalue weighted by atomic mass is 16.5. The molecule has 1 heterocycles. The van der Waals surface area contributed by atoms with Crippen LogP contribution >= 0.6 is 0 Å². The van der Waals surface area contributed by atoms with Crippen molar-refractivity contribution in [3.63, 3.8) is 0 Å². The van der Waals surface area contributed by atoms with Crippen LogP contribution in [0.4, 0.5) is 0 Å². The van der Waals surface area contributed by atoms with Gasteiger partial charge >= 0.3 is 0 Å². The molecule has 76 valence electrons. The first kappa shape index (κ1) is 9.47. The molecule has 0 bridgehead atoms. The van der Waals surface area contributed by atoms with E-state index in [-0.39, 0.29) is 5.54 Å². The largest absolute Gasteiger partial charge is 0.381 e. The number of hydrogen-bond acceptors (Lipinski definition) is 2. The molecule has 2 N–H and O–H groups in total. The quantitative estimate of drug-likeness (QED) is 0.710. The lowest BCUT2D eigenvalue weighted by Gasteiger charge is -2.39.